The Bertz CT molecular complexity index is 1420. The van der Waals surface area contributed by atoms with Crippen molar-refractivity contribution in [1.29, 1.82) is 0 Å². The lowest BCUT2D eigenvalue weighted by Crippen LogP contribution is -2.53. The van der Waals surface area contributed by atoms with Crippen molar-refractivity contribution >= 4 is 65.0 Å². The number of carboxylic acids is 1. The Balaban J connectivity index is 1.68. The Labute approximate surface area is 303 Å². The van der Waals surface area contributed by atoms with Gasteiger partial charge < -0.3 is 63.6 Å². The van der Waals surface area contributed by atoms with E-state index < -0.39 is 123 Å². The molecule has 0 aromatic carbocycles. The largest absolute Gasteiger partial charge is 0.480 e. The summed E-state index contributed by atoms with van der Waals surface area (Å²) in [6, 6.07) is -3.69. The van der Waals surface area contributed by atoms with E-state index in [0.29, 0.717) is 25.8 Å². The summed E-state index contributed by atoms with van der Waals surface area (Å²) in [6.45, 7) is -1.08. The second-order valence-electron chi connectivity index (χ2n) is 12.1. The minimum absolute atomic E-state index is 0.188. The number of hydrogen-bond donors (Lipinski definition) is 11. The predicted octanol–water partition coefficient (Wildman–Crippen LogP) is -7.23. The van der Waals surface area contributed by atoms with Crippen LogP contribution in [0.3, 0.4) is 0 Å². The Morgan fingerprint density at radius 2 is 1.28 bits per heavy atom. The van der Waals surface area contributed by atoms with Crippen LogP contribution in [-0.4, -0.2) is 152 Å². The van der Waals surface area contributed by atoms with Gasteiger partial charge in [0.15, 0.2) is 0 Å². The van der Waals surface area contributed by atoms with Gasteiger partial charge in [0.2, 0.25) is 59.1 Å². The van der Waals surface area contributed by atoms with E-state index >= 15 is 0 Å². The molecule has 23 nitrogen and oxygen atoms in total. The highest BCUT2D eigenvalue weighted by Gasteiger charge is 2.34. The van der Waals surface area contributed by atoms with Gasteiger partial charge in [-0.05, 0) is 45.6 Å². The molecule has 53 heavy (non-hydrogen) atoms. The molecular weight excluding hydrogens is 706 g/mol. The maximum Gasteiger partial charge on any atom is 0.322 e. The Kier molecular flexibility index (Phi) is 18.1. The fraction of sp³-hybridized carbons (Fsp3) is 0.633. The molecule has 4 atom stereocenters. The highest BCUT2D eigenvalue weighted by molar-refractivity contribution is 5.95. The number of nitrogens with one attached hydrogen (secondary N) is 9. The molecule has 10 amide bonds. The number of rotatable bonds is 21. The monoisotopic (exact) mass is 753 g/mol. The molecule has 0 spiro atoms. The Morgan fingerprint density at radius 3 is 1.91 bits per heavy atom. The summed E-state index contributed by atoms with van der Waals surface area (Å²) in [7, 11) is 0. The van der Waals surface area contributed by atoms with Crippen LogP contribution in [0.15, 0.2) is 0 Å². The first kappa shape index (κ1) is 43.3. The number of nitrogens with zero attached hydrogens (tertiary/aromatic N) is 1. The molecule has 12 N–H and O–H groups in total. The summed E-state index contributed by atoms with van der Waals surface area (Å²) < 4.78 is 0. The maximum absolute atomic E-state index is 12.6. The molecule has 0 bridgehead atoms. The zero-order valence-electron chi connectivity index (χ0n) is 29.2. The molecule has 0 saturated carbocycles. The molecule has 2 saturated heterocycles. The Hall–Kier alpha value is -5.87. The normalized spacial score (nSPS) is 17.3. The molecule has 0 aromatic heterocycles. The number of likely N-dealkylation sites (tertiary alicyclic amines) is 1. The smallest absolute Gasteiger partial charge is 0.322 e. The first-order valence-electron chi connectivity index (χ1n) is 16.8. The lowest BCUT2D eigenvalue weighted by atomic mass is 10.1. The van der Waals surface area contributed by atoms with E-state index in [1.165, 1.54) is 11.8 Å². The van der Waals surface area contributed by atoms with Crippen molar-refractivity contribution in [2.45, 2.75) is 69.6 Å². The molecule has 23 heteroatoms. The zero-order chi connectivity index (χ0) is 39.5. The van der Waals surface area contributed by atoms with Gasteiger partial charge in [0, 0.05) is 13.0 Å². The van der Waals surface area contributed by atoms with Gasteiger partial charge in [0.25, 0.3) is 0 Å². The van der Waals surface area contributed by atoms with Crippen LogP contribution in [0.4, 0.5) is 0 Å². The highest BCUT2D eigenvalue weighted by atomic mass is 16.4. The number of carbonyl (C=O) groups excluding carboxylic acids is 10. The topological polar surface area (TPSA) is 346 Å². The van der Waals surface area contributed by atoms with E-state index in [2.05, 4.69) is 47.9 Å². The third kappa shape index (κ3) is 16.3. The summed E-state index contributed by atoms with van der Waals surface area (Å²) in [5.41, 5.74) is 5.15. The number of nitrogens with two attached hydrogens (primary N) is 1. The van der Waals surface area contributed by atoms with Gasteiger partial charge in [-0.15, -0.1) is 0 Å². The molecule has 2 heterocycles. The summed E-state index contributed by atoms with van der Waals surface area (Å²) in [5, 5.41) is 30.1. The van der Waals surface area contributed by atoms with Crippen LogP contribution in [-0.2, 0) is 52.7 Å². The third-order valence-electron chi connectivity index (χ3n) is 7.92. The number of hydrogen-bond acceptors (Lipinski definition) is 12. The van der Waals surface area contributed by atoms with Crippen LogP contribution < -0.4 is 53.6 Å². The predicted molar refractivity (Wildman–Crippen MR) is 179 cm³/mol. The number of amides is 10. The average molecular weight is 754 g/mol. The van der Waals surface area contributed by atoms with Crippen LogP contribution in [0.1, 0.15) is 45.4 Å². The minimum Gasteiger partial charge on any atom is -0.480 e. The van der Waals surface area contributed by atoms with Gasteiger partial charge in [0.1, 0.15) is 24.7 Å². The van der Waals surface area contributed by atoms with E-state index in [1.807, 2.05) is 0 Å². The summed E-state index contributed by atoms with van der Waals surface area (Å²) >= 11 is 0. The second-order valence-corrected chi connectivity index (χ2v) is 12.1. The van der Waals surface area contributed by atoms with Gasteiger partial charge in [-0.25, -0.2) is 0 Å². The maximum atomic E-state index is 12.6. The second kappa shape index (κ2) is 22.1. The van der Waals surface area contributed by atoms with Gasteiger partial charge in [-0.3, -0.25) is 52.7 Å². The number of carbonyl (C=O) groups is 11. The van der Waals surface area contributed by atoms with Crippen LogP contribution in [0, 0.1) is 0 Å². The first-order chi connectivity index (χ1) is 25.1. The van der Waals surface area contributed by atoms with Crippen molar-refractivity contribution < 1.29 is 57.8 Å². The number of aliphatic carboxylic acids is 1. The Morgan fingerprint density at radius 1 is 0.698 bits per heavy atom. The van der Waals surface area contributed by atoms with Crippen molar-refractivity contribution in [2.24, 2.45) is 5.73 Å². The van der Waals surface area contributed by atoms with E-state index in [-0.39, 0.29) is 25.3 Å². The summed E-state index contributed by atoms with van der Waals surface area (Å²) in [6.07, 6.45) is 1.82. The number of primary amides is 1. The lowest BCUT2D eigenvalue weighted by molar-refractivity contribution is -0.141. The molecule has 2 aliphatic rings. The molecule has 2 rings (SSSR count). The van der Waals surface area contributed by atoms with Gasteiger partial charge in [-0.1, -0.05) is 0 Å². The molecule has 4 unspecified atom stereocenters. The van der Waals surface area contributed by atoms with E-state index in [0.717, 1.165) is 6.42 Å². The van der Waals surface area contributed by atoms with Crippen LogP contribution in [0.5, 0.6) is 0 Å². The summed E-state index contributed by atoms with van der Waals surface area (Å²) in [4.78, 5) is 134. The molecule has 294 valence electrons. The van der Waals surface area contributed by atoms with Crippen molar-refractivity contribution in [1.82, 2.24) is 52.8 Å². The fourth-order valence-corrected chi connectivity index (χ4v) is 5.17. The van der Waals surface area contributed by atoms with Crippen molar-refractivity contribution in [3.8, 4) is 0 Å². The van der Waals surface area contributed by atoms with E-state index in [4.69, 9.17) is 10.8 Å². The van der Waals surface area contributed by atoms with E-state index in [1.54, 1.807) is 0 Å². The standard InChI is InChI=1S/C30H47N11O12/c1-16(27(50)37-14-25(47)41-9-3-5-19(41)30(53)38-15-26(48)49)39-23(45)12-34-21(43)10-33-22(44)11-35-29(52)18(6-7-20(31)42)40-24(46)13-36-28(51)17-4-2-8-32-17/h16-19,32H,2-15H2,1H3,(H2,31,42)(H,33,44)(H,34,43)(H,35,52)(H,36,51)(H,37,50)(H,38,53)(H,39,45)(H,40,46)(H,48,49). The van der Waals surface area contributed by atoms with Gasteiger partial charge in [0.05, 0.1) is 38.8 Å². The fourth-order valence-electron chi connectivity index (χ4n) is 5.17. The molecule has 0 radical (unpaired) electrons. The minimum atomic E-state index is -1.27. The third-order valence-corrected chi connectivity index (χ3v) is 7.92. The summed E-state index contributed by atoms with van der Waals surface area (Å²) in [5.74, 6) is -8.23. The van der Waals surface area contributed by atoms with Crippen molar-refractivity contribution in [3.63, 3.8) is 0 Å². The first-order valence-corrected chi connectivity index (χ1v) is 16.8. The SMILES string of the molecule is CC(NC(=O)CNC(=O)CNC(=O)CNC(=O)C(CCC(N)=O)NC(=O)CNC(=O)C1CCCN1)C(=O)NCC(=O)N1CCCC1C(=O)NCC(=O)O. The molecule has 0 aliphatic carbocycles. The number of carboxylic acid groups (broad SMARTS) is 1. The van der Waals surface area contributed by atoms with Crippen molar-refractivity contribution in [3.05, 3.63) is 0 Å². The van der Waals surface area contributed by atoms with Crippen LogP contribution >= 0.6 is 0 Å². The van der Waals surface area contributed by atoms with Gasteiger partial charge in [-0.2, -0.15) is 0 Å². The quantitative estimate of drug-likeness (QED) is 0.0520. The van der Waals surface area contributed by atoms with Gasteiger partial charge >= 0.3 is 5.97 Å². The van der Waals surface area contributed by atoms with Crippen LogP contribution in [0.2, 0.25) is 0 Å². The van der Waals surface area contributed by atoms with E-state index in [9.17, 15) is 52.7 Å². The van der Waals surface area contributed by atoms with Crippen molar-refractivity contribution in [2.75, 3.05) is 52.4 Å². The molecule has 0 aromatic rings. The van der Waals surface area contributed by atoms with Crippen LogP contribution in [0.25, 0.3) is 0 Å². The molecule has 2 aliphatic heterocycles. The molecule has 2 fully saturated rings. The highest BCUT2D eigenvalue weighted by Crippen LogP contribution is 2.17. The zero-order valence-corrected chi connectivity index (χ0v) is 29.2. The molecular formula is C30H47N11O12. The lowest BCUT2D eigenvalue weighted by Gasteiger charge is -2.24. The average Bonchev–Trinajstić information content (AvgIpc) is 3.84.